The zero-order valence-corrected chi connectivity index (χ0v) is 19.7. The Morgan fingerprint density at radius 2 is 1.73 bits per heavy atom. The maximum absolute atomic E-state index is 11.7. The van der Waals surface area contributed by atoms with Gasteiger partial charge in [-0.2, -0.15) is 36.1 Å². The van der Waals surface area contributed by atoms with E-state index in [9.17, 15) is 34.7 Å². The summed E-state index contributed by atoms with van der Waals surface area (Å²) in [5.74, 6) is -0.454. The summed E-state index contributed by atoms with van der Waals surface area (Å²) in [5, 5.41) is 2.48. The van der Waals surface area contributed by atoms with Gasteiger partial charge in [0.25, 0.3) is 20.2 Å². The average molecular weight is 524 g/mol. The van der Waals surface area contributed by atoms with Gasteiger partial charge in [0.1, 0.15) is 4.90 Å². The van der Waals surface area contributed by atoms with Gasteiger partial charge in [-0.15, -0.1) is 0 Å². The molecule has 0 radical (unpaired) electrons. The number of aromatic nitrogens is 3. The van der Waals surface area contributed by atoms with Crippen molar-refractivity contribution >= 4 is 55.0 Å². The first-order valence-corrected chi connectivity index (χ1v) is 13.1. The molecule has 1 aromatic carbocycles. The van der Waals surface area contributed by atoms with Crippen molar-refractivity contribution in [2.75, 3.05) is 29.0 Å². The molecular weight excluding hydrogens is 502 g/mol. The first-order chi connectivity index (χ1) is 15.2. The Labute approximate surface area is 192 Å². The molecule has 0 spiro atoms. The van der Waals surface area contributed by atoms with Gasteiger partial charge in [-0.05, 0) is 32.0 Å². The van der Waals surface area contributed by atoms with Crippen LogP contribution in [0.25, 0.3) is 0 Å². The Kier molecular flexibility index (Phi) is 6.89. The second-order valence-corrected chi connectivity index (χ2v) is 11.0. The van der Waals surface area contributed by atoms with Crippen molar-refractivity contribution in [1.29, 1.82) is 0 Å². The molecule has 3 unspecified atom stereocenters. The molecule has 1 aromatic heterocycles. The van der Waals surface area contributed by atoms with E-state index in [1.807, 2.05) is 0 Å². The standard InChI is InChI=1S/C15H21N7O8S3/c1-8-7-22(31(23)24)9(2)6-21(8)15-19-13(16)18-14(20-15)17-11-5-10(32(25,26)27)3-4-12(11)33(28,29)30/h3-5,8-9H,6-7H2,1-2H3,(H,23,24)(H,25,26,27)(H,28,29,30)(H3,16,17,18,19,20). The summed E-state index contributed by atoms with van der Waals surface area (Å²) < 4.78 is 87.4. The van der Waals surface area contributed by atoms with Crippen molar-refractivity contribution in [3.8, 4) is 0 Å². The zero-order valence-electron chi connectivity index (χ0n) is 17.2. The maximum Gasteiger partial charge on any atom is 0.296 e. The van der Waals surface area contributed by atoms with Crippen molar-refractivity contribution in [3.63, 3.8) is 0 Å². The smallest absolute Gasteiger partial charge is 0.296 e. The number of rotatable bonds is 6. The van der Waals surface area contributed by atoms with E-state index in [-0.39, 0.29) is 43.0 Å². The molecule has 6 N–H and O–H groups in total. The topological polar surface area (TPSA) is 229 Å². The highest BCUT2D eigenvalue weighted by atomic mass is 32.2. The van der Waals surface area contributed by atoms with E-state index in [1.165, 1.54) is 4.31 Å². The van der Waals surface area contributed by atoms with Crippen LogP contribution >= 0.6 is 0 Å². The lowest BCUT2D eigenvalue weighted by atomic mass is 10.1. The predicted octanol–water partition coefficient (Wildman–Crippen LogP) is -0.273. The van der Waals surface area contributed by atoms with Crippen LogP contribution in [0, 0.1) is 0 Å². The molecule has 182 valence electrons. The third-order valence-corrected chi connectivity index (χ3v) is 7.47. The van der Waals surface area contributed by atoms with Gasteiger partial charge >= 0.3 is 0 Å². The largest absolute Gasteiger partial charge is 0.368 e. The summed E-state index contributed by atoms with van der Waals surface area (Å²) >= 11 is -2.16. The molecule has 15 nitrogen and oxygen atoms in total. The number of nitrogens with one attached hydrogen (secondary N) is 1. The van der Waals surface area contributed by atoms with Crippen LogP contribution in [0.1, 0.15) is 13.8 Å². The van der Waals surface area contributed by atoms with Crippen molar-refractivity contribution in [2.45, 2.75) is 35.7 Å². The molecule has 33 heavy (non-hydrogen) atoms. The molecule has 1 aliphatic heterocycles. The normalized spacial score (nSPS) is 21.1. The second kappa shape index (κ2) is 9.05. The van der Waals surface area contributed by atoms with Crippen molar-refractivity contribution in [1.82, 2.24) is 19.3 Å². The number of nitrogens with zero attached hydrogens (tertiary/aromatic N) is 5. The van der Waals surface area contributed by atoms with Gasteiger partial charge in [0.2, 0.25) is 29.1 Å². The minimum absolute atomic E-state index is 0.0760. The van der Waals surface area contributed by atoms with Gasteiger partial charge < -0.3 is 16.0 Å². The molecule has 2 aromatic rings. The quantitative estimate of drug-likeness (QED) is 0.242. The summed E-state index contributed by atoms with van der Waals surface area (Å²) in [6.45, 7) is 3.97. The van der Waals surface area contributed by atoms with E-state index >= 15 is 0 Å². The Balaban J connectivity index is 2.01. The molecule has 0 saturated carbocycles. The molecule has 1 fully saturated rings. The van der Waals surface area contributed by atoms with E-state index in [4.69, 9.17) is 5.73 Å². The van der Waals surface area contributed by atoms with Crippen molar-refractivity contribution < 1.29 is 34.7 Å². The van der Waals surface area contributed by atoms with Gasteiger partial charge in [-0.25, -0.2) is 4.21 Å². The van der Waals surface area contributed by atoms with Crippen molar-refractivity contribution in [2.24, 2.45) is 0 Å². The number of anilines is 4. The van der Waals surface area contributed by atoms with Crippen LogP contribution in [0.4, 0.5) is 23.5 Å². The lowest BCUT2D eigenvalue weighted by molar-refractivity contribution is 0.266. The lowest BCUT2D eigenvalue weighted by Crippen LogP contribution is -2.57. The molecule has 0 aliphatic carbocycles. The summed E-state index contributed by atoms with van der Waals surface area (Å²) in [6.07, 6.45) is 0. The maximum atomic E-state index is 11.7. The fourth-order valence-electron chi connectivity index (χ4n) is 3.27. The van der Waals surface area contributed by atoms with Gasteiger partial charge in [0.15, 0.2) is 0 Å². The van der Waals surface area contributed by atoms with Gasteiger partial charge in [-0.3, -0.25) is 13.7 Å². The minimum atomic E-state index is -4.80. The van der Waals surface area contributed by atoms with Crippen molar-refractivity contribution in [3.05, 3.63) is 18.2 Å². The predicted molar refractivity (Wildman–Crippen MR) is 117 cm³/mol. The fraction of sp³-hybridized carbons (Fsp3) is 0.400. The van der Waals surface area contributed by atoms with E-state index in [0.29, 0.717) is 0 Å². The molecule has 0 amide bonds. The van der Waals surface area contributed by atoms with E-state index < -0.39 is 47.0 Å². The summed E-state index contributed by atoms with van der Waals surface area (Å²) in [6, 6.07) is 1.69. The van der Waals surface area contributed by atoms with Crippen LogP contribution in [0.15, 0.2) is 28.0 Å². The highest BCUT2D eigenvalue weighted by molar-refractivity contribution is 7.86. The van der Waals surface area contributed by atoms with Gasteiger partial charge in [0.05, 0.1) is 10.6 Å². The molecule has 18 heteroatoms. The zero-order chi connectivity index (χ0) is 24.7. The molecule has 1 aliphatic rings. The Morgan fingerprint density at radius 1 is 1.06 bits per heavy atom. The SMILES string of the molecule is CC1CN(S(=O)O)C(C)CN1c1nc(N)nc(Nc2cc(S(=O)(=O)O)ccc2S(=O)(=O)O)n1. The second-order valence-electron chi connectivity index (χ2n) is 7.23. The number of hydrogen-bond acceptors (Lipinski definition) is 11. The number of nitrogens with two attached hydrogens (primary N) is 1. The van der Waals surface area contributed by atoms with E-state index in [2.05, 4.69) is 20.3 Å². The highest BCUT2D eigenvalue weighted by Crippen LogP contribution is 2.28. The lowest BCUT2D eigenvalue weighted by Gasteiger charge is -2.41. The molecular formula is C15H21N7O8S3. The molecule has 3 rings (SSSR count). The van der Waals surface area contributed by atoms with Crippen LogP contribution in [-0.2, 0) is 31.5 Å². The van der Waals surface area contributed by atoms with Crippen LogP contribution in [0.2, 0.25) is 0 Å². The summed E-state index contributed by atoms with van der Waals surface area (Å²) in [5.41, 5.74) is 5.33. The molecule has 3 atom stereocenters. The van der Waals surface area contributed by atoms with E-state index in [1.54, 1.807) is 18.7 Å². The Morgan fingerprint density at radius 3 is 2.30 bits per heavy atom. The number of nitrogen functional groups attached to an aromatic ring is 1. The van der Waals surface area contributed by atoms with Crippen LogP contribution in [-0.4, -0.2) is 79.1 Å². The number of piperazine rings is 1. The van der Waals surface area contributed by atoms with Gasteiger partial charge in [0, 0.05) is 25.2 Å². The van der Waals surface area contributed by atoms with E-state index in [0.717, 1.165) is 18.2 Å². The molecule has 2 heterocycles. The van der Waals surface area contributed by atoms with Gasteiger partial charge in [-0.1, -0.05) is 0 Å². The molecule has 1 saturated heterocycles. The van der Waals surface area contributed by atoms with Crippen LogP contribution < -0.4 is 16.0 Å². The highest BCUT2D eigenvalue weighted by Gasteiger charge is 2.33. The molecule has 0 bridgehead atoms. The average Bonchev–Trinajstić information content (AvgIpc) is 2.67. The Hall–Kier alpha value is -2.48. The minimum Gasteiger partial charge on any atom is -0.368 e. The third-order valence-electron chi connectivity index (χ3n) is 4.80. The van der Waals surface area contributed by atoms with Crippen LogP contribution in [0.5, 0.6) is 0 Å². The third kappa shape index (κ3) is 5.72. The number of benzene rings is 1. The van der Waals surface area contributed by atoms with Crippen LogP contribution in [0.3, 0.4) is 0 Å². The summed E-state index contributed by atoms with van der Waals surface area (Å²) in [4.78, 5) is 12.5. The number of hydrogen-bond donors (Lipinski definition) is 5. The fourth-order valence-corrected chi connectivity index (χ4v) is 5.12. The first kappa shape index (κ1) is 25.1. The Bertz CT molecular complexity index is 1300. The first-order valence-electron chi connectivity index (χ1n) is 9.18. The monoisotopic (exact) mass is 523 g/mol. The summed E-state index contributed by atoms with van der Waals surface area (Å²) in [7, 11) is -9.49.